The van der Waals surface area contributed by atoms with Crippen LogP contribution in [0.15, 0.2) is 0 Å². The number of alkyl halides is 3. The number of hydrogen-bond acceptors (Lipinski definition) is 4. The summed E-state index contributed by atoms with van der Waals surface area (Å²) >= 11 is 1.05. The third kappa shape index (κ3) is 4.55. The zero-order valence-electron chi connectivity index (χ0n) is 10.6. The number of nitrogens with zero attached hydrogens (tertiary/aromatic N) is 1. The Morgan fingerprint density at radius 3 is 2.56 bits per heavy atom. The van der Waals surface area contributed by atoms with Crippen molar-refractivity contribution in [2.45, 2.75) is 46.1 Å². The third-order valence-corrected chi connectivity index (χ3v) is 3.14. The summed E-state index contributed by atoms with van der Waals surface area (Å²) in [7, 11) is 0. The maximum atomic E-state index is 12.8. The fraction of sp³-hybridized carbons (Fsp3) is 0.727. The monoisotopic (exact) mass is 282 g/mol. The molecule has 1 aromatic heterocycles. The van der Waals surface area contributed by atoms with E-state index in [2.05, 4.69) is 10.3 Å². The molecule has 3 nitrogen and oxygen atoms in total. The molecule has 1 rings (SSSR count). The van der Waals surface area contributed by atoms with E-state index >= 15 is 0 Å². The number of thiazole rings is 1. The third-order valence-electron chi connectivity index (χ3n) is 2.11. The van der Waals surface area contributed by atoms with Gasteiger partial charge in [-0.1, -0.05) is 13.8 Å². The first-order chi connectivity index (χ1) is 8.34. The van der Waals surface area contributed by atoms with Crippen LogP contribution in [0.25, 0.3) is 0 Å². The Bertz CT molecular complexity index is 377. The first kappa shape index (κ1) is 15.4. The van der Waals surface area contributed by atoms with E-state index in [-0.39, 0.29) is 24.1 Å². The van der Waals surface area contributed by atoms with Crippen molar-refractivity contribution < 1.29 is 17.9 Å². The van der Waals surface area contributed by atoms with Crippen molar-refractivity contribution in [3.63, 3.8) is 0 Å². The Kier molecular flexibility index (Phi) is 5.55. The number of rotatable bonds is 6. The fourth-order valence-corrected chi connectivity index (χ4v) is 2.27. The molecule has 0 unspecified atom stereocenters. The lowest BCUT2D eigenvalue weighted by atomic mass is 10.3. The van der Waals surface area contributed by atoms with E-state index in [9.17, 15) is 13.2 Å². The van der Waals surface area contributed by atoms with Gasteiger partial charge in [-0.3, -0.25) is 0 Å². The maximum Gasteiger partial charge on any atom is 0.434 e. The smallest absolute Gasteiger partial charge is 0.375 e. The summed E-state index contributed by atoms with van der Waals surface area (Å²) in [6.45, 7) is 6.33. The van der Waals surface area contributed by atoms with Crippen molar-refractivity contribution in [2.75, 3.05) is 6.61 Å². The molecule has 0 aliphatic carbocycles. The molecule has 0 saturated carbocycles. The highest BCUT2D eigenvalue weighted by atomic mass is 32.1. The molecule has 0 amide bonds. The van der Waals surface area contributed by atoms with Gasteiger partial charge in [-0.2, -0.15) is 13.2 Å². The molecule has 0 saturated heterocycles. The highest BCUT2D eigenvalue weighted by molar-refractivity contribution is 7.11. The molecule has 18 heavy (non-hydrogen) atoms. The number of aromatic nitrogens is 1. The van der Waals surface area contributed by atoms with Crippen LogP contribution in [-0.2, 0) is 24.1 Å². The summed E-state index contributed by atoms with van der Waals surface area (Å²) in [5.41, 5.74) is -0.796. The van der Waals surface area contributed by atoms with E-state index in [4.69, 9.17) is 4.74 Å². The second-order valence-electron chi connectivity index (χ2n) is 4.05. The molecule has 0 aliphatic heterocycles. The van der Waals surface area contributed by atoms with Crippen LogP contribution in [0.4, 0.5) is 13.2 Å². The lowest BCUT2D eigenvalue weighted by Crippen LogP contribution is -2.23. The van der Waals surface area contributed by atoms with Crippen LogP contribution >= 0.6 is 11.3 Å². The fourth-order valence-electron chi connectivity index (χ4n) is 1.29. The summed E-state index contributed by atoms with van der Waals surface area (Å²) in [5, 5.41) is 3.34. The van der Waals surface area contributed by atoms with Gasteiger partial charge in [-0.15, -0.1) is 11.3 Å². The summed E-state index contributed by atoms with van der Waals surface area (Å²) in [6.07, 6.45) is -4.41. The van der Waals surface area contributed by atoms with Crippen molar-refractivity contribution in [2.24, 2.45) is 0 Å². The molecule has 0 aliphatic rings. The van der Waals surface area contributed by atoms with Crippen LogP contribution in [0.3, 0.4) is 0 Å². The van der Waals surface area contributed by atoms with Crippen LogP contribution in [-0.4, -0.2) is 17.6 Å². The Labute approximate surface area is 108 Å². The van der Waals surface area contributed by atoms with Crippen molar-refractivity contribution >= 4 is 11.3 Å². The van der Waals surface area contributed by atoms with Gasteiger partial charge in [0.1, 0.15) is 5.01 Å². The Morgan fingerprint density at radius 1 is 1.39 bits per heavy atom. The average Bonchev–Trinajstić information content (AvgIpc) is 2.66. The quantitative estimate of drug-likeness (QED) is 0.870. The van der Waals surface area contributed by atoms with Crippen LogP contribution in [0.1, 0.15) is 36.3 Å². The number of hydrogen-bond donors (Lipinski definition) is 1. The van der Waals surface area contributed by atoms with Crippen LogP contribution in [0.2, 0.25) is 0 Å². The lowest BCUT2D eigenvalue weighted by Gasteiger charge is -2.09. The molecule has 0 fully saturated rings. The first-order valence-electron chi connectivity index (χ1n) is 5.71. The Balaban J connectivity index is 2.87. The SMILES string of the molecule is CCOCc1nc(C(F)(F)F)c(CNC(C)C)s1. The van der Waals surface area contributed by atoms with Gasteiger partial charge in [0, 0.05) is 19.2 Å². The zero-order chi connectivity index (χ0) is 13.8. The minimum Gasteiger partial charge on any atom is -0.375 e. The number of ether oxygens (including phenoxy) is 1. The van der Waals surface area contributed by atoms with Crippen molar-refractivity contribution in [1.29, 1.82) is 0 Å². The van der Waals surface area contributed by atoms with E-state index in [1.165, 1.54) is 0 Å². The van der Waals surface area contributed by atoms with Gasteiger partial charge in [0.25, 0.3) is 0 Å². The van der Waals surface area contributed by atoms with E-state index in [0.29, 0.717) is 11.6 Å². The van der Waals surface area contributed by atoms with E-state index in [1.807, 2.05) is 13.8 Å². The van der Waals surface area contributed by atoms with Gasteiger partial charge in [0.15, 0.2) is 5.69 Å². The summed E-state index contributed by atoms with van der Waals surface area (Å²) in [5.74, 6) is 0. The molecule has 0 atom stereocenters. The minimum atomic E-state index is -4.41. The second-order valence-corrected chi connectivity index (χ2v) is 5.22. The highest BCUT2D eigenvalue weighted by Gasteiger charge is 2.37. The molecule has 0 aromatic carbocycles. The summed E-state index contributed by atoms with van der Waals surface area (Å²) < 4.78 is 43.4. The van der Waals surface area contributed by atoms with E-state index < -0.39 is 11.9 Å². The maximum absolute atomic E-state index is 12.8. The molecule has 1 heterocycles. The molecule has 1 N–H and O–H groups in total. The van der Waals surface area contributed by atoms with Crippen LogP contribution in [0, 0.1) is 0 Å². The van der Waals surface area contributed by atoms with E-state index in [0.717, 1.165) is 11.3 Å². The molecular weight excluding hydrogens is 265 g/mol. The van der Waals surface area contributed by atoms with Gasteiger partial charge in [-0.25, -0.2) is 4.98 Å². The Morgan fingerprint density at radius 2 is 2.06 bits per heavy atom. The molecule has 0 spiro atoms. The van der Waals surface area contributed by atoms with Gasteiger partial charge in [-0.05, 0) is 6.92 Å². The van der Waals surface area contributed by atoms with Crippen molar-refractivity contribution in [1.82, 2.24) is 10.3 Å². The molecular formula is C11H17F3N2OS. The van der Waals surface area contributed by atoms with Crippen LogP contribution < -0.4 is 5.32 Å². The standard InChI is InChI=1S/C11H17F3N2OS/c1-4-17-6-9-16-10(11(12,13)14)8(18-9)5-15-7(2)3/h7,15H,4-6H2,1-3H3. The first-order valence-corrected chi connectivity index (χ1v) is 6.53. The van der Waals surface area contributed by atoms with Crippen molar-refractivity contribution in [3.8, 4) is 0 Å². The largest absolute Gasteiger partial charge is 0.434 e. The molecule has 104 valence electrons. The van der Waals surface area contributed by atoms with Crippen molar-refractivity contribution in [3.05, 3.63) is 15.6 Å². The average molecular weight is 282 g/mol. The highest BCUT2D eigenvalue weighted by Crippen LogP contribution is 2.34. The zero-order valence-corrected chi connectivity index (χ0v) is 11.4. The predicted octanol–water partition coefficient (Wildman–Crippen LogP) is 3.20. The van der Waals surface area contributed by atoms with Gasteiger partial charge in [0.2, 0.25) is 0 Å². The normalized spacial score (nSPS) is 12.4. The number of halogens is 3. The minimum absolute atomic E-state index is 0.128. The molecule has 0 radical (unpaired) electrons. The topological polar surface area (TPSA) is 34.1 Å². The molecule has 0 bridgehead atoms. The van der Waals surface area contributed by atoms with Gasteiger partial charge >= 0.3 is 6.18 Å². The summed E-state index contributed by atoms with van der Waals surface area (Å²) in [6, 6.07) is 0.128. The van der Waals surface area contributed by atoms with Gasteiger partial charge in [0.05, 0.1) is 11.5 Å². The molecule has 1 aromatic rings. The second kappa shape index (κ2) is 6.49. The van der Waals surface area contributed by atoms with Crippen LogP contribution in [0.5, 0.6) is 0 Å². The Hall–Kier alpha value is -0.660. The van der Waals surface area contributed by atoms with Gasteiger partial charge < -0.3 is 10.1 Å². The summed E-state index contributed by atoms with van der Waals surface area (Å²) in [4.78, 5) is 3.84. The molecule has 7 heteroatoms. The lowest BCUT2D eigenvalue weighted by molar-refractivity contribution is -0.141. The van der Waals surface area contributed by atoms with E-state index in [1.54, 1.807) is 6.92 Å². The number of nitrogens with one attached hydrogen (secondary N) is 1. The predicted molar refractivity (Wildman–Crippen MR) is 64.4 cm³/mol.